The van der Waals surface area contributed by atoms with E-state index in [4.69, 9.17) is 0 Å². The van der Waals surface area contributed by atoms with Crippen molar-refractivity contribution in [2.24, 2.45) is 5.92 Å². The van der Waals surface area contributed by atoms with E-state index in [1.54, 1.807) is 6.33 Å². The SMILES string of the molecule is CCCC(CCCc1ncnn1CC(C)C)NC. The highest BCUT2D eigenvalue weighted by Gasteiger charge is 2.08. The molecule has 4 heteroatoms. The van der Waals surface area contributed by atoms with Gasteiger partial charge < -0.3 is 5.32 Å². The molecule has 0 aliphatic rings. The van der Waals surface area contributed by atoms with Gasteiger partial charge in [-0.3, -0.25) is 0 Å². The van der Waals surface area contributed by atoms with Gasteiger partial charge in [-0.2, -0.15) is 5.10 Å². The molecule has 0 saturated carbocycles. The zero-order valence-corrected chi connectivity index (χ0v) is 12.3. The van der Waals surface area contributed by atoms with Crippen LogP contribution in [0.1, 0.15) is 52.3 Å². The van der Waals surface area contributed by atoms with Crippen LogP contribution in [0.5, 0.6) is 0 Å². The van der Waals surface area contributed by atoms with Crippen molar-refractivity contribution in [3.8, 4) is 0 Å². The first-order valence-corrected chi connectivity index (χ1v) is 7.21. The maximum absolute atomic E-state index is 4.37. The number of aromatic nitrogens is 3. The van der Waals surface area contributed by atoms with Gasteiger partial charge in [0.05, 0.1) is 0 Å². The summed E-state index contributed by atoms with van der Waals surface area (Å²) in [6, 6.07) is 0.650. The first kappa shape index (κ1) is 15.2. The fourth-order valence-corrected chi connectivity index (χ4v) is 2.27. The summed E-state index contributed by atoms with van der Waals surface area (Å²) in [5.41, 5.74) is 0. The first-order chi connectivity index (χ1) is 8.67. The second-order valence-corrected chi connectivity index (χ2v) is 5.42. The molecule has 0 aliphatic carbocycles. The average Bonchev–Trinajstić information content (AvgIpc) is 2.74. The summed E-state index contributed by atoms with van der Waals surface area (Å²) in [6.45, 7) is 7.64. The molecule has 1 N–H and O–H groups in total. The third-order valence-corrected chi connectivity index (χ3v) is 3.23. The van der Waals surface area contributed by atoms with Gasteiger partial charge in [-0.05, 0) is 32.2 Å². The van der Waals surface area contributed by atoms with Gasteiger partial charge in [0.1, 0.15) is 12.2 Å². The molecule has 0 aliphatic heterocycles. The van der Waals surface area contributed by atoms with Gasteiger partial charge in [-0.25, -0.2) is 9.67 Å². The van der Waals surface area contributed by atoms with E-state index < -0.39 is 0 Å². The summed E-state index contributed by atoms with van der Waals surface area (Å²) < 4.78 is 2.05. The van der Waals surface area contributed by atoms with Crippen molar-refractivity contribution in [2.75, 3.05) is 7.05 Å². The van der Waals surface area contributed by atoms with Crippen molar-refractivity contribution in [3.05, 3.63) is 12.2 Å². The van der Waals surface area contributed by atoms with E-state index in [9.17, 15) is 0 Å². The highest BCUT2D eigenvalue weighted by molar-refractivity contribution is 4.85. The first-order valence-electron chi connectivity index (χ1n) is 7.21. The standard InChI is InChI=1S/C14H28N4/c1-5-7-13(15-4)8-6-9-14-16-11-17-18(14)10-12(2)3/h11-13,15H,5-10H2,1-4H3. The quantitative estimate of drug-likeness (QED) is 0.734. The number of hydrogen-bond donors (Lipinski definition) is 1. The van der Waals surface area contributed by atoms with Gasteiger partial charge in [-0.15, -0.1) is 0 Å². The van der Waals surface area contributed by atoms with Crippen molar-refractivity contribution in [1.29, 1.82) is 0 Å². The molecule has 18 heavy (non-hydrogen) atoms. The number of rotatable bonds is 9. The van der Waals surface area contributed by atoms with Crippen LogP contribution in [0.25, 0.3) is 0 Å². The topological polar surface area (TPSA) is 42.7 Å². The van der Waals surface area contributed by atoms with Gasteiger partial charge in [0.2, 0.25) is 0 Å². The summed E-state index contributed by atoms with van der Waals surface area (Å²) in [7, 11) is 2.06. The van der Waals surface area contributed by atoms with Crippen molar-refractivity contribution in [3.63, 3.8) is 0 Å². The van der Waals surface area contributed by atoms with E-state index >= 15 is 0 Å². The highest BCUT2D eigenvalue weighted by Crippen LogP contribution is 2.09. The monoisotopic (exact) mass is 252 g/mol. The van der Waals surface area contributed by atoms with Crippen LogP contribution in [0.3, 0.4) is 0 Å². The fourth-order valence-electron chi connectivity index (χ4n) is 2.27. The molecule has 1 atom stereocenters. The average molecular weight is 252 g/mol. The lowest BCUT2D eigenvalue weighted by atomic mass is 10.1. The van der Waals surface area contributed by atoms with Gasteiger partial charge in [0.15, 0.2) is 0 Å². The number of aryl methyl sites for hydroxylation is 1. The molecular formula is C14H28N4. The smallest absolute Gasteiger partial charge is 0.138 e. The maximum Gasteiger partial charge on any atom is 0.138 e. The van der Waals surface area contributed by atoms with Crippen LogP contribution in [-0.2, 0) is 13.0 Å². The molecule has 104 valence electrons. The fraction of sp³-hybridized carbons (Fsp3) is 0.857. The second kappa shape index (κ2) is 8.25. The van der Waals surface area contributed by atoms with E-state index in [2.05, 4.69) is 47.9 Å². The Morgan fingerprint density at radius 2 is 2.11 bits per heavy atom. The Kier molecular flexibility index (Phi) is 6.94. The van der Waals surface area contributed by atoms with Gasteiger partial charge in [0.25, 0.3) is 0 Å². The van der Waals surface area contributed by atoms with E-state index in [1.807, 2.05) is 0 Å². The molecule has 0 spiro atoms. The molecule has 4 nitrogen and oxygen atoms in total. The van der Waals surface area contributed by atoms with Crippen LogP contribution in [0.15, 0.2) is 6.33 Å². The van der Waals surface area contributed by atoms with E-state index in [-0.39, 0.29) is 0 Å². The minimum absolute atomic E-state index is 0.621. The van der Waals surface area contributed by atoms with Crippen LogP contribution in [0.2, 0.25) is 0 Å². The summed E-state index contributed by atoms with van der Waals surface area (Å²) >= 11 is 0. The Hall–Kier alpha value is -0.900. The lowest BCUT2D eigenvalue weighted by molar-refractivity contribution is 0.443. The zero-order chi connectivity index (χ0) is 13.4. The van der Waals surface area contributed by atoms with Gasteiger partial charge in [-0.1, -0.05) is 27.2 Å². The highest BCUT2D eigenvalue weighted by atomic mass is 15.3. The largest absolute Gasteiger partial charge is 0.317 e. The van der Waals surface area contributed by atoms with Crippen molar-refractivity contribution in [2.45, 2.75) is 65.5 Å². The van der Waals surface area contributed by atoms with Gasteiger partial charge in [0, 0.05) is 19.0 Å². The molecule has 1 unspecified atom stereocenters. The molecule has 1 heterocycles. The van der Waals surface area contributed by atoms with Crippen LogP contribution in [-0.4, -0.2) is 27.9 Å². The summed E-state index contributed by atoms with van der Waals surface area (Å²) in [5.74, 6) is 1.76. The molecule has 1 aromatic heterocycles. The minimum atomic E-state index is 0.621. The van der Waals surface area contributed by atoms with Crippen molar-refractivity contribution >= 4 is 0 Å². The molecule has 1 rings (SSSR count). The molecule has 1 aromatic rings. The molecule has 0 radical (unpaired) electrons. The maximum atomic E-state index is 4.37. The summed E-state index contributed by atoms with van der Waals surface area (Å²) in [4.78, 5) is 4.37. The molecule has 0 bridgehead atoms. The molecule has 0 saturated heterocycles. The lowest BCUT2D eigenvalue weighted by Crippen LogP contribution is -2.25. The Labute approximate surface area is 111 Å². The van der Waals surface area contributed by atoms with E-state index in [0.29, 0.717) is 12.0 Å². The molecule has 0 amide bonds. The van der Waals surface area contributed by atoms with Crippen molar-refractivity contribution < 1.29 is 0 Å². The number of nitrogens with one attached hydrogen (secondary N) is 1. The third kappa shape index (κ3) is 5.17. The Bertz CT molecular complexity index is 319. The third-order valence-electron chi connectivity index (χ3n) is 3.23. The van der Waals surface area contributed by atoms with Crippen LogP contribution < -0.4 is 5.32 Å². The van der Waals surface area contributed by atoms with Crippen LogP contribution in [0, 0.1) is 5.92 Å². The van der Waals surface area contributed by atoms with Gasteiger partial charge >= 0.3 is 0 Å². The zero-order valence-electron chi connectivity index (χ0n) is 12.3. The predicted molar refractivity (Wildman–Crippen MR) is 75.6 cm³/mol. The second-order valence-electron chi connectivity index (χ2n) is 5.42. The molecular weight excluding hydrogens is 224 g/mol. The van der Waals surface area contributed by atoms with Crippen molar-refractivity contribution in [1.82, 2.24) is 20.1 Å². The molecule has 0 fully saturated rings. The normalized spacial score (nSPS) is 13.2. The number of nitrogens with zero attached hydrogens (tertiary/aromatic N) is 3. The Balaban J connectivity index is 2.36. The van der Waals surface area contributed by atoms with E-state index in [1.165, 1.54) is 25.7 Å². The van der Waals surface area contributed by atoms with E-state index in [0.717, 1.165) is 18.8 Å². The minimum Gasteiger partial charge on any atom is -0.317 e. The molecule has 0 aromatic carbocycles. The summed E-state index contributed by atoms with van der Waals surface area (Å²) in [5, 5.41) is 7.69. The Morgan fingerprint density at radius 3 is 2.72 bits per heavy atom. The number of hydrogen-bond acceptors (Lipinski definition) is 3. The lowest BCUT2D eigenvalue weighted by Gasteiger charge is -2.15. The van der Waals surface area contributed by atoms with Crippen LogP contribution in [0.4, 0.5) is 0 Å². The predicted octanol–water partition coefficient (Wildman–Crippen LogP) is 2.64. The van der Waals surface area contributed by atoms with Crippen LogP contribution >= 0.6 is 0 Å². The summed E-state index contributed by atoms with van der Waals surface area (Å²) in [6.07, 6.45) is 7.62. The Morgan fingerprint density at radius 1 is 1.33 bits per heavy atom.